The Morgan fingerprint density at radius 2 is 1.62 bits per heavy atom. The van der Waals surface area contributed by atoms with Crippen LogP contribution in [0.5, 0.6) is 0 Å². The van der Waals surface area contributed by atoms with Crippen LogP contribution < -0.4 is 5.32 Å². The van der Waals surface area contributed by atoms with Gasteiger partial charge in [-0.25, -0.2) is 4.99 Å². The molecule has 4 saturated carbocycles. The first-order valence-corrected chi connectivity index (χ1v) is 7.85. The molecule has 1 spiro atoms. The molecule has 3 nitrogen and oxygen atoms in total. The topological polar surface area (TPSA) is 44.6 Å². The summed E-state index contributed by atoms with van der Waals surface area (Å²) in [5.41, 5.74) is -3.53. The number of aliphatic hydroxyl groups is 1. The molecule has 5 rings (SSSR count). The summed E-state index contributed by atoms with van der Waals surface area (Å²) in [7, 11) is 0. The van der Waals surface area contributed by atoms with E-state index in [-0.39, 0.29) is 24.1 Å². The number of nitrogens with zero attached hydrogens (tertiary/aromatic N) is 1. The molecule has 0 radical (unpaired) electrons. The lowest BCUT2D eigenvalue weighted by molar-refractivity contribution is -0.274. The Balaban J connectivity index is 1.74. The summed E-state index contributed by atoms with van der Waals surface area (Å²) in [6, 6.07) is 0. The molecule has 0 aromatic rings. The van der Waals surface area contributed by atoms with Crippen molar-refractivity contribution in [2.75, 3.05) is 0 Å². The molecule has 21 heavy (non-hydrogen) atoms. The van der Waals surface area contributed by atoms with E-state index < -0.39 is 17.4 Å². The average Bonchev–Trinajstić information content (AvgIpc) is 2.33. The number of amidine groups is 1. The molecule has 4 aliphatic carbocycles. The van der Waals surface area contributed by atoms with Gasteiger partial charge in [-0.2, -0.15) is 13.2 Å². The van der Waals surface area contributed by atoms with Gasteiger partial charge in [0, 0.05) is 12.0 Å². The highest BCUT2D eigenvalue weighted by molar-refractivity contribution is 5.81. The third-order valence-corrected chi connectivity index (χ3v) is 6.35. The van der Waals surface area contributed by atoms with Crippen LogP contribution in [0.2, 0.25) is 0 Å². The fraction of sp³-hybridized carbons (Fsp3) is 0.933. The lowest BCUT2D eigenvalue weighted by Crippen LogP contribution is -2.71. The standard InChI is InChI=1S/C15H21F3N2O/c1-8-19-13(7-14(21,20-8)15(16,17)18)11-3-9-2-10(5-11)6-12(13)4-9/h9-12,21H,2-7H2,1H3,(H,19,20)/t9?,10?,11?,12?,13?,14-/m0/s1. The molecule has 1 atom stereocenters. The first kappa shape index (κ1) is 13.9. The van der Waals surface area contributed by atoms with E-state index >= 15 is 0 Å². The monoisotopic (exact) mass is 302 g/mol. The lowest BCUT2D eigenvalue weighted by Gasteiger charge is -2.63. The van der Waals surface area contributed by atoms with Gasteiger partial charge in [-0.1, -0.05) is 0 Å². The number of hydrogen-bond donors (Lipinski definition) is 2. The zero-order chi connectivity index (χ0) is 15.0. The summed E-state index contributed by atoms with van der Waals surface area (Å²) in [5, 5.41) is 13.5. The minimum Gasteiger partial charge on any atom is -0.368 e. The minimum atomic E-state index is -4.71. The second-order valence-electron chi connectivity index (χ2n) is 7.66. The molecular weight excluding hydrogens is 281 g/mol. The summed E-state index contributed by atoms with van der Waals surface area (Å²) in [4.78, 5) is 3.53. The summed E-state index contributed by atoms with van der Waals surface area (Å²) in [5.74, 6) is 2.07. The van der Waals surface area contributed by atoms with Crippen LogP contribution in [-0.2, 0) is 0 Å². The normalized spacial score (nSPS) is 52.0. The first-order chi connectivity index (χ1) is 9.72. The molecule has 1 heterocycles. The molecule has 1 aliphatic heterocycles. The summed E-state index contributed by atoms with van der Waals surface area (Å²) >= 11 is 0. The molecular formula is C15H21F3N2O. The maximum atomic E-state index is 13.3. The van der Waals surface area contributed by atoms with Crippen molar-refractivity contribution in [2.24, 2.45) is 28.7 Å². The van der Waals surface area contributed by atoms with Crippen LogP contribution in [0, 0.1) is 23.7 Å². The second-order valence-corrected chi connectivity index (χ2v) is 7.66. The Hall–Kier alpha value is -0.780. The van der Waals surface area contributed by atoms with Crippen LogP contribution in [-0.4, -0.2) is 28.4 Å². The van der Waals surface area contributed by atoms with E-state index in [1.807, 2.05) is 0 Å². The summed E-state index contributed by atoms with van der Waals surface area (Å²) in [6.07, 6.45) is 0.220. The zero-order valence-electron chi connectivity index (χ0n) is 12.1. The molecule has 2 N–H and O–H groups in total. The predicted molar refractivity (Wildman–Crippen MR) is 71.6 cm³/mol. The SMILES string of the molecule is CC1=N[C@@](O)(C(F)(F)F)CC2(N1)C1CC3CC(C1)CC2C3. The van der Waals surface area contributed by atoms with Crippen LogP contribution in [0.25, 0.3) is 0 Å². The summed E-state index contributed by atoms with van der Waals surface area (Å²) in [6.45, 7) is 1.54. The van der Waals surface area contributed by atoms with Crippen molar-refractivity contribution < 1.29 is 18.3 Å². The van der Waals surface area contributed by atoms with Crippen LogP contribution in [0.3, 0.4) is 0 Å². The number of alkyl halides is 3. The Labute approximate surface area is 122 Å². The van der Waals surface area contributed by atoms with E-state index in [4.69, 9.17) is 0 Å². The van der Waals surface area contributed by atoms with E-state index in [0.29, 0.717) is 11.8 Å². The smallest absolute Gasteiger partial charge is 0.368 e. The van der Waals surface area contributed by atoms with Gasteiger partial charge in [0.2, 0.25) is 0 Å². The van der Waals surface area contributed by atoms with Crippen molar-refractivity contribution in [3.63, 3.8) is 0 Å². The van der Waals surface area contributed by atoms with Crippen LogP contribution >= 0.6 is 0 Å². The third kappa shape index (κ3) is 1.80. The number of rotatable bonds is 0. The largest absolute Gasteiger partial charge is 0.438 e. The molecule has 6 heteroatoms. The van der Waals surface area contributed by atoms with Gasteiger partial charge in [0.1, 0.15) is 0 Å². The molecule has 0 aromatic heterocycles. The number of halogens is 3. The van der Waals surface area contributed by atoms with Gasteiger partial charge in [-0.15, -0.1) is 0 Å². The molecule has 4 fully saturated rings. The molecule has 0 unspecified atom stereocenters. The second kappa shape index (κ2) is 3.94. The van der Waals surface area contributed by atoms with Gasteiger partial charge in [-0.05, 0) is 62.7 Å². The van der Waals surface area contributed by atoms with Gasteiger partial charge >= 0.3 is 6.18 Å². The van der Waals surface area contributed by atoms with Crippen LogP contribution in [0.4, 0.5) is 13.2 Å². The third-order valence-electron chi connectivity index (χ3n) is 6.35. The highest BCUT2D eigenvalue weighted by atomic mass is 19.4. The molecule has 0 saturated heterocycles. The maximum absolute atomic E-state index is 13.3. The van der Waals surface area contributed by atoms with E-state index in [9.17, 15) is 18.3 Å². The fourth-order valence-electron chi connectivity index (χ4n) is 5.82. The number of aliphatic imine (C=N–C) groups is 1. The Morgan fingerprint density at radius 1 is 1.10 bits per heavy atom. The van der Waals surface area contributed by atoms with Gasteiger partial charge < -0.3 is 10.4 Å². The highest BCUT2D eigenvalue weighted by Crippen LogP contribution is 2.61. The van der Waals surface area contributed by atoms with Crippen LogP contribution in [0.15, 0.2) is 4.99 Å². The quantitative estimate of drug-likeness (QED) is 0.723. The zero-order valence-corrected chi connectivity index (χ0v) is 12.1. The average molecular weight is 302 g/mol. The fourth-order valence-corrected chi connectivity index (χ4v) is 5.82. The lowest BCUT2D eigenvalue weighted by atomic mass is 9.47. The number of hydrogen-bond acceptors (Lipinski definition) is 3. The first-order valence-electron chi connectivity index (χ1n) is 7.85. The van der Waals surface area contributed by atoms with Gasteiger partial charge in [-0.3, -0.25) is 0 Å². The Kier molecular flexibility index (Phi) is 2.60. The van der Waals surface area contributed by atoms with E-state index in [0.717, 1.165) is 25.7 Å². The number of nitrogens with one attached hydrogen (secondary N) is 1. The van der Waals surface area contributed by atoms with E-state index in [1.54, 1.807) is 6.92 Å². The van der Waals surface area contributed by atoms with Crippen molar-refractivity contribution in [2.45, 2.75) is 62.9 Å². The maximum Gasteiger partial charge on any atom is 0.438 e. The van der Waals surface area contributed by atoms with Crippen LogP contribution in [0.1, 0.15) is 45.4 Å². The molecule has 0 amide bonds. The van der Waals surface area contributed by atoms with Crippen molar-refractivity contribution in [1.82, 2.24) is 5.32 Å². The minimum absolute atomic E-state index is 0.230. The highest BCUT2D eigenvalue weighted by Gasteiger charge is 2.66. The molecule has 5 aliphatic rings. The van der Waals surface area contributed by atoms with Gasteiger partial charge in [0.15, 0.2) is 0 Å². The van der Waals surface area contributed by atoms with E-state index in [2.05, 4.69) is 10.3 Å². The van der Waals surface area contributed by atoms with Crippen molar-refractivity contribution in [1.29, 1.82) is 0 Å². The molecule has 118 valence electrons. The van der Waals surface area contributed by atoms with Crippen molar-refractivity contribution in [3.05, 3.63) is 0 Å². The Morgan fingerprint density at radius 3 is 2.10 bits per heavy atom. The Bertz CT molecular complexity index is 474. The van der Waals surface area contributed by atoms with E-state index in [1.165, 1.54) is 6.42 Å². The molecule has 0 aromatic carbocycles. The van der Waals surface area contributed by atoms with Gasteiger partial charge in [0.25, 0.3) is 5.72 Å². The van der Waals surface area contributed by atoms with Crippen molar-refractivity contribution in [3.8, 4) is 0 Å². The molecule has 4 bridgehead atoms. The predicted octanol–water partition coefficient (Wildman–Crippen LogP) is 2.84. The van der Waals surface area contributed by atoms with Crippen molar-refractivity contribution >= 4 is 5.84 Å². The summed E-state index contributed by atoms with van der Waals surface area (Å²) < 4.78 is 39.9. The van der Waals surface area contributed by atoms with Gasteiger partial charge in [0.05, 0.1) is 5.84 Å².